The van der Waals surface area contributed by atoms with E-state index in [-0.39, 0.29) is 12.5 Å². The second kappa shape index (κ2) is 6.20. The highest BCUT2D eigenvalue weighted by molar-refractivity contribution is 9.10. The highest BCUT2D eigenvalue weighted by atomic mass is 79.9. The Morgan fingerprint density at radius 3 is 2.95 bits per heavy atom. The molecule has 2 N–H and O–H groups in total. The zero-order valence-corrected chi connectivity index (χ0v) is 12.8. The summed E-state index contributed by atoms with van der Waals surface area (Å²) < 4.78 is 19.3. The molecule has 0 aliphatic carbocycles. The van der Waals surface area contributed by atoms with Gasteiger partial charge in [-0.05, 0) is 37.5 Å². The number of benzene rings is 1. The molecule has 20 heavy (non-hydrogen) atoms. The third-order valence-electron chi connectivity index (χ3n) is 3.63. The zero-order valence-electron chi connectivity index (χ0n) is 11.2. The van der Waals surface area contributed by atoms with E-state index < -0.39 is 11.4 Å². The SMILES string of the molecule is Cc1c(Br)cc(F)cc1C(=O)N[C@@]1(CCO)CCOC1. The highest BCUT2D eigenvalue weighted by Gasteiger charge is 2.36. The lowest BCUT2D eigenvalue weighted by Gasteiger charge is -2.28. The summed E-state index contributed by atoms with van der Waals surface area (Å²) in [4.78, 5) is 12.4. The van der Waals surface area contributed by atoms with Crippen molar-refractivity contribution in [2.24, 2.45) is 0 Å². The second-order valence-electron chi connectivity index (χ2n) is 5.07. The van der Waals surface area contributed by atoms with E-state index in [2.05, 4.69) is 21.2 Å². The molecule has 1 atom stereocenters. The maximum Gasteiger partial charge on any atom is 0.252 e. The third kappa shape index (κ3) is 3.19. The summed E-state index contributed by atoms with van der Waals surface area (Å²) in [5.74, 6) is -0.812. The van der Waals surface area contributed by atoms with Gasteiger partial charge in [0.1, 0.15) is 5.82 Å². The highest BCUT2D eigenvalue weighted by Crippen LogP contribution is 2.25. The molecule has 0 unspecified atom stereocenters. The molecule has 1 amide bonds. The number of carbonyl (C=O) groups is 1. The lowest BCUT2D eigenvalue weighted by atomic mass is 9.93. The number of rotatable bonds is 4. The molecular formula is C14H17BrFNO3. The number of carbonyl (C=O) groups excluding carboxylic acids is 1. The van der Waals surface area contributed by atoms with Crippen molar-refractivity contribution in [3.8, 4) is 0 Å². The molecule has 1 aromatic rings. The van der Waals surface area contributed by atoms with E-state index in [1.807, 2.05) is 0 Å². The van der Waals surface area contributed by atoms with E-state index in [4.69, 9.17) is 9.84 Å². The van der Waals surface area contributed by atoms with E-state index in [9.17, 15) is 9.18 Å². The molecule has 1 fully saturated rings. The first-order chi connectivity index (χ1) is 9.47. The van der Waals surface area contributed by atoms with E-state index in [0.717, 1.165) is 0 Å². The average Bonchev–Trinajstić information content (AvgIpc) is 2.82. The summed E-state index contributed by atoms with van der Waals surface area (Å²) >= 11 is 3.24. The van der Waals surface area contributed by atoms with Crippen molar-refractivity contribution >= 4 is 21.8 Å². The van der Waals surface area contributed by atoms with Gasteiger partial charge in [0.05, 0.1) is 12.1 Å². The summed E-state index contributed by atoms with van der Waals surface area (Å²) in [6, 6.07) is 2.55. The van der Waals surface area contributed by atoms with Crippen LogP contribution in [-0.4, -0.2) is 36.4 Å². The van der Waals surface area contributed by atoms with Gasteiger partial charge in [-0.15, -0.1) is 0 Å². The van der Waals surface area contributed by atoms with Crippen molar-refractivity contribution in [3.63, 3.8) is 0 Å². The standard InChI is InChI=1S/C14H17BrFNO3/c1-9-11(6-10(16)7-12(9)15)13(19)17-14(2-4-18)3-5-20-8-14/h6-7,18H,2-5,8H2,1H3,(H,17,19)/t14-/m0/s1. The van der Waals surface area contributed by atoms with Crippen LogP contribution in [0, 0.1) is 12.7 Å². The number of hydrogen-bond acceptors (Lipinski definition) is 3. The summed E-state index contributed by atoms with van der Waals surface area (Å²) in [5, 5.41) is 12.0. The average molecular weight is 346 g/mol. The summed E-state index contributed by atoms with van der Waals surface area (Å²) in [6.45, 7) is 2.64. The van der Waals surface area contributed by atoms with Gasteiger partial charge in [0.15, 0.2) is 0 Å². The topological polar surface area (TPSA) is 58.6 Å². The molecule has 1 aromatic carbocycles. The lowest BCUT2D eigenvalue weighted by Crippen LogP contribution is -2.49. The fourth-order valence-electron chi connectivity index (χ4n) is 2.37. The van der Waals surface area contributed by atoms with Crippen molar-refractivity contribution in [1.29, 1.82) is 0 Å². The Balaban J connectivity index is 2.23. The van der Waals surface area contributed by atoms with E-state index >= 15 is 0 Å². The van der Waals surface area contributed by atoms with Crippen LogP contribution in [0.1, 0.15) is 28.8 Å². The number of amides is 1. The molecule has 1 aliphatic heterocycles. The van der Waals surface area contributed by atoms with Gasteiger partial charge in [0.25, 0.3) is 5.91 Å². The molecule has 6 heteroatoms. The molecule has 0 spiro atoms. The molecule has 1 aliphatic rings. The number of aliphatic hydroxyl groups excluding tert-OH is 1. The molecule has 1 saturated heterocycles. The number of halogens is 2. The van der Waals surface area contributed by atoms with Crippen molar-refractivity contribution in [2.45, 2.75) is 25.3 Å². The molecule has 110 valence electrons. The van der Waals surface area contributed by atoms with Crippen LogP contribution in [0.4, 0.5) is 4.39 Å². The van der Waals surface area contributed by atoms with E-state index in [0.29, 0.717) is 41.7 Å². The minimum absolute atomic E-state index is 0.0323. The smallest absolute Gasteiger partial charge is 0.252 e. The molecule has 0 aromatic heterocycles. The van der Waals surface area contributed by atoms with Gasteiger partial charge in [-0.2, -0.15) is 0 Å². The van der Waals surface area contributed by atoms with Gasteiger partial charge in [-0.3, -0.25) is 4.79 Å². The summed E-state index contributed by atoms with van der Waals surface area (Å²) in [5.41, 5.74) is 0.417. The number of hydrogen-bond donors (Lipinski definition) is 2. The van der Waals surface area contributed by atoms with Crippen LogP contribution in [0.15, 0.2) is 16.6 Å². The first-order valence-electron chi connectivity index (χ1n) is 6.44. The van der Waals surface area contributed by atoms with Crippen molar-refractivity contribution < 1.29 is 19.0 Å². The molecule has 0 bridgehead atoms. The van der Waals surface area contributed by atoms with Crippen LogP contribution in [0.5, 0.6) is 0 Å². The first kappa shape index (κ1) is 15.4. The molecular weight excluding hydrogens is 329 g/mol. The minimum Gasteiger partial charge on any atom is -0.396 e. The van der Waals surface area contributed by atoms with Crippen LogP contribution in [-0.2, 0) is 4.74 Å². The van der Waals surface area contributed by atoms with Gasteiger partial charge in [-0.25, -0.2) is 4.39 Å². The Morgan fingerprint density at radius 2 is 2.35 bits per heavy atom. The van der Waals surface area contributed by atoms with Crippen molar-refractivity contribution in [2.75, 3.05) is 19.8 Å². The quantitative estimate of drug-likeness (QED) is 0.879. The lowest BCUT2D eigenvalue weighted by molar-refractivity contribution is 0.0849. The minimum atomic E-state index is -0.558. The van der Waals surface area contributed by atoms with Crippen molar-refractivity contribution in [1.82, 2.24) is 5.32 Å². The van der Waals surface area contributed by atoms with Gasteiger partial charge in [-0.1, -0.05) is 15.9 Å². The van der Waals surface area contributed by atoms with E-state index in [1.54, 1.807) is 6.92 Å². The van der Waals surface area contributed by atoms with Gasteiger partial charge < -0.3 is 15.2 Å². The van der Waals surface area contributed by atoms with Gasteiger partial charge in [0.2, 0.25) is 0 Å². The zero-order chi connectivity index (χ0) is 14.8. The van der Waals surface area contributed by atoms with E-state index in [1.165, 1.54) is 12.1 Å². The van der Waals surface area contributed by atoms with Crippen LogP contribution < -0.4 is 5.32 Å². The number of ether oxygens (including phenoxy) is 1. The van der Waals surface area contributed by atoms with Crippen LogP contribution in [0.25, 0.3) is 0 Å². The maximum atomic E-state index is 13.5. The Hall–Kier alpha value is -0.980. The van der Waals surface area contributed by atoms with Gasteiger partial charge >= 0.3 is 0 Å². The molecule has 2 rings (SSSR count). The van der Waals surface area contributed by atoms with Gasteiger partial charge in [0, 0.05) is 23.2 Å². The fourth-order valence-corrected chi connectivity index (χ4v) is 2.80. The van der Waals surface area contributed by atoms with Crippen LogP contribution >= 0.6 is 15.9 Å². The molecule has 0 saturated carbocycles. The monoisotopic (exact) mass is 345 g/mol. The third-order valence-corrected chi connectivity index (χ3v) is 4.45. The molecule has 4 nitrogen and oxygen atoms in total. The van der Waals surface area contributed by atoms with Crippen LogP contribution in [0.3, 0.4) is 0 Å². The van der Waals surface area contributed by atoms with Crippen molar-refractivity contribution in [3.05, 3.63) is 33.5 Å². The normalized spacial score (nSPS) is 22.0. The summed E-state index contributed by atoms with van der Waals surface area (Å²) in [6.07, 6.45) is 1.07. The Morgan fingerprint density at radius 1 is 1.60 bits per heavy atom. The Kier molecular flexibility index (Phi) is 4.78. The second-order valence-corrected chi connectivity index (χ2v) is 5.93. The predicted molar refractivity (Wildman–Crippen MR) is 76.2 cm³/mol. The number of aliphatic hydroxyl groups is 1. The largest absolute Gasteiger partial charge is 0.396 e. The Labute approximate surface area is 125 Å². The van der Waals surface area contributed by atoms with Crippen LogP contribution in [0.2, 0.25) is 0 Å². The molecule has 1 heterocycles. The Bertz CT molecular complexity index is 515. The fraction of sp³-hybridized carbons (Fsp3) is 0.500. The maximum absolute atomic E-state index is 13.5. The summed E-state index contributed by atoms with van der Waals surface area (Å²) in [7, 11) is 0. The number of nitrogens with one attached hydrogen (secondary N) is 1. The first-order valence-corrected chi connectivity index (χ1v) is 7.23. The molecule has 0 radical (unpaired) electrons. The predicted octanol–water partition coefficient (Wildman–Crippen LogP) is 2.17.